The molecule has 182 valence electrons. The van der Waals surface area contributed by atoms with Gasteiger partial charge in [0.25, 0.3) is 0 Å². The van der Waals surface area contributed by atoms with Crippen LogP contribution in [-0.4, -0.2) is 5.90 Å². The molecule has 37 heavy (non-hydrogen) atoms. The maximum atomic E-state index is 9.11. The fourth-order valence-corrected chi connectivity index (χ4v) is 6.84. The van der Waals surface area contributed by atoms with E-state index in [1.807, 2.05) is 42.5 Å². The number of hydrogen-bond donors (Lipinski definition) is 2. The second-order valence-corrected chi connectivity index (χ2v) is 10.9. The van der Waals surface area contributed by atoms with Crippen LogP contribution in [0.5, 0.6) is 0 Å². The van der Waals surface area contributed by atoms with Crippen molar-refractivity contribution >= 4 is 28.4 Å². The van der Waals surface area contributed by atoms with Gasteiger partial charge in [-0.25, -0.2) is 0 Å². The molecule has 1 atom stereocenters. The first-order valence-electron chi connectivity index (χ1n) is 12.4. The topological polar surface area (TPSA) is 59.1 Å². The van der Waals surface area contributed by atoms with E-state index in [0.29, 0.717) is 0 Å². The zero-order valence-electron chi connectivity index (χ0n) is 20.9. The number of fused-ring (bicyclic) bond motifs is 3. The van der Waals surface area contributed by atoms with Crippen molar-refractivity contribution in [2.45, 2.75) is 35.3 Å². The highest BCUT2D eigenvalue weighted by Crippen LogP contribution is 2.52. The third-order valence-electron chi connectivity index (χ3n) is 7.28. The maximum absolute atomic E-state index is 9.11. The predicted octanol–water partition coefficient (Wildman–Crippen LogP) is 8.30. The molecule has 1 unspecified atom stereocenters. The Morgan fingerprint density at radius 2 is 1.46 bits per heavy atom. The Hall–Kier alpha value is -3.86. The van der Waals surface area contributed by atoms with E-state index in [1.54, 1.807) is 11.8 Å². The zero-order chi connectivity index (χ0) is 25.6. The summed E-state index contributed by atoms with van der Waals surface area (Å²) >= 11 is 1.81. The minimum Gasteiger partial charge on any atom is -0.454 e. The molecular formula is C33H28N2OS. The number of hydrogen-bond acceptors (Lipinski definition) is 4. The monoisotopic (exact) mass is 500 g/mol. The molecule has 3 nitrogen and oxygen atoms in total. The summed E-state index contributed by atoms with van der Waals surface area (Å²) in [5.41, 5.74) is 12.6. The van der Waals surface area contributed by atoms with Crippen LogP contribution >= 0.6 is 11.8 Å². The van der Waals surface area contributed by atoms with Crippen molar-refractivity contribution in [1.82, 2.24) is 0 Å². The summed E-state index contributed by atoms with van der Waals surface area (Å²) in [5.74, 6) is 0.0706. The Kier molecular flexibility index (Phi) is 5.86. The van der Waals surface area contributed by atoms with Crippen molar-refractivity contribution in [3.8, 4) is 11.1 Å². The van der Waals surface area contributed by atoms with Crippen LogP contribution < -0.4 is 5.73 Å². The molecule has 5 aromatic rings. The van der Waals surface area contributed by atoms with E-state index < -0.39 is 6.23 Å². The Bertz CT molecular complexity index is 1640. The van der Waals surface area contributed by atoms with E-state index in [1.165, 1.54) is 20.9 Å². The first-order valence-corrected chi connectivity index (χ1v) is 13.3. The molecule has 1 aliphatic heterocycles. The number of nitrogens with two attached hydrogens (primary N) is 1. The lowest BCUT2D eigenvalue weighted by atomic mass is 9.76. The van der Waals surface area contributed by atoms with Gasteiger partial charge >= 0.3 is 0 Å². The first kappa shape index (κ1) is 23.5. The van der Waals surface area contributed by atoms with Crippen molar-refractivity contribution in [2.24, 2.45) is 5.73 Å². The Balaban J connectivity index is 1.52. The van der Waals surface area contributed by atoms with Crippen molar-refractivity contribution in [1.29, 1.82) is 5.41 Å². The SMILES string of the molecule is CC1(C)c2ccccc2Sc2c(-c3ccc4ccccc4c3C(=N)OC(N)c3ccccc3)cccc21. The molecule has 0 aromatic heterocycles. The van der Waals surface area contributed by atoms with Gasteiger partial charge < -0.3 is 4.74 Å². The first-order chi connectivity index (χ1) is 17.9. The van der Waals surface area contributed by atoms with Crippen LogP contribution in [-0.2, 0) is 10.2 Å². The van der Waals surface area contributed by atoms with Gasteiger partial charge in [-0.15, -0.1) is 0 Å². The largest absolute Gasteiger partial charge is 0.454 e. The second kappa shape index (κ2) is 9.22. The van der Waals surface area contributed by atoms with E-state index in [0.717, 1.165) is 33.0 Å². The fourth-order valence-electron chi connectivity index (χ4n) is 5.32. The Morgan fingerprint density at radius 1 is 0.757 bits per heavy atom. The minimum atomic E-state index is -0.731. The third-order valence-corrected chi connectivity index (χ3v) is 8.50. The van der Waals surface area contributed by atoms with Crippen LogP contribution in [0.25, 0.3) is 21.9 Å². The molecule has 0 bridgehead atoms. The quantitative estimate of drug-likeness (QED) is 0.148. The van der Waals surface area contributed by atoms with E-state index in [9.17, 15) is 0 Å². The van der Waals surface area contributed by atoms with Gasteiger partial charge in [-0.3, -0.25) is 11.1 Å². The van der Waals surface area contributed by atoms with Gasteiger partial charge in [-0.1, -0.05) is 129 Å². The fraction of sp³-hybridized carbons (Fsp3) is 0.121. The molecule has 4 heteroatoms. The summed E-state index contributed by atoms with van der Waals surface area (Å²) in [7, 11) is 0. The molecule has 1 heterocycles. The molecule has 0 amide bonds. The summed E-state index contributed by atoms with van der Waals surface area (Å²) in [6.45, 7) is 4.58. The van der Waals surface area contributed by atoms with E-state index in [-0.39, 0.29) is 11.3 Å². The van der Waals surface area contributed by atoms with Gasteiger partial charge in [0.2, 0.25) is 5.90 Å². The summed E-state index contributed by atoms with van der Waals surface area (Å²) in [6, 6.07) is 37.2. The highest BCUT2D eigenvalue weighted by atomic mass is 32.2. The number of ether oxygens (including phenoxy) is 1. The second-order valence-electron chi connectivity index (χ2n) is 9.89. The molecule has 0 fully saturated rings. The predicted molar refractivity (Wildman–Crippen MR) is 153 cm³/mol. The lowest BCUT2D eigenvalue weighted by Gasteiger charge is -2.35. The molecule has 0 saturated carbocycles. The van der Waals surface area contributed by atoms with Crippen LogP contribution in [0, 0.1) is 5.41 Å². The smallest absolute Gasteiger partial charge is 0.216 e. The van der Waals surface area contributed by atoms with Gasteiger partial charge in [0.15, 0.2) is 6.23 Å². The van der Waals surface area contributed by atoms with Gasteiger partial charge in [0, 0.05) is 20.8 Å². The molecule has 3 N–H and O–H groups in total. The number of nitrogens with one attached hydrogen (secondary N) is 1. The highest BCUT2D eigenvalue weighted by molar-refractivity contribution is 7.99. The summed E-state index contributed by atoms with van der Waals surface area (Å²) in [4.78, 5) is 2.50. The van der Waals surface area contributed by atoms with Crippen LogP contribution in [0.1, 0.15) is 42.3 Å². The van der Waals surface area contributed by atoms with E-state index in [2.05, 4.69) is 80.6 Å². The van der Waals surface area contributed by atoms with Crippen molar-refractivity contribution in [3.63, 3.8) is 0 Å². The van der Waals surface area contributed by atoms with Crippen LogP contribution in [0.3, 0.4) is 0 Å². The van der Waals surface area contributed by atoms with Gasteiger partial charge in [0.1, 0.15) is 0 Å². The maximum Gasteiger partial charge on any atom is 0.216 e. The zero-order valence-corrected chi connectivity index (χ0v) is 21.7. The van der Waals surface area contributed by atoms with Crippen molar-refractivity contribution in [3.05, 3.63) is 131 Å². The molecule has 5 aromatic carbocycles. The van der Waals surface area contributed by atoms with E-state index >= 15 is 0 Å². The van der Waals surface area contributed by atoms with E-state index in [4.69, 9.17) is 15.9 Å². The molecule has 0 aliphatic carbocycles. The van der Waals surface area contributed by atoms with Gasteiger partial charge in [-0.2, -0.15) is 0 Å². The Morgan fingerprint density at radius 3 is 2.30 bits per heavy atom. The molecule has 1 aliphatic rings. The third kappa shape index (κ3) is 4.03. The van der Waals surface area contributed by atoms with Crippen LogP contribution in [0.4, 0.5) is 0 Å². The molecule has 0 spiro atoms. The summed E-state index contributed by atoms with van der Waals surface area (Å²) in [5, 5.41) is 11.1. The molecule has 0 radical (unpaired) electrons. The highest BCUT2D eigenvalue weighted by Gasteiger charge is 2.34. The lowest BCUT2D eigenvalue weighted by molar-refractivity contribution is 0.199. The minimum absolute atomic E-state index is 0.0706. The summed E-state index contributed by atoms with van der Waals surface area (Å²) < 4.78 is 6.09. The van der Waals surface area contributed by atoms with Crippen LogP contribution in [0.2, 0.25) is 0 Å². The average molecular weight is 501 g/mol. The van der Waals surface area contributed by atoms with Crippen molar-refractivity contribution < 1.29 is 4.74 Å². The molecule has 0 saturated heterocycles. The van der Waals surface area contributed by atoms with Crippen molar-refractivity contribution in [2.75, 3.05) is 0 Å². The average Bonchev–Trinajstić information content (AvgIpc) is 2.92. The van der Waals surface area contributed by atoms with Crippen LogP contribution in [0.15, 0.2) is 119 Å². The summed E-state index contributed by atoms with van der Waals surface area (Å²) in [6.07, 6.45) is -0.731. The molecular weight excluding hydrogens is 472 g/mol. The standard InChI is InChI=1S/C33H28N2OS/c1-33(2)26-16-8-9-18-28(26)37-30-25(15-10-17-27(30)33)24-20-19-21-11-6-7-14-23(21)29(24)32(35)36-31(34)22-12-4-3-5-13-22/h3-20,31,35H,34H2,1-2H3. The van der Waals surface area contributed by atoms with Gasteiger partial charge in [-0.05, 0) is 39.1 Å². The number of benzene rings is 5. The number of rotatable bonds is 4. The Labute approximate surface area is 221 Å². The lowest BCUT2D eigenvalue weighted by Crippen LogP contribution is -2.24. The molecule has 6 rings (SSSR count). The normalized spacial score (nSPS) is 14.5. The van der Waals surface area contributed by atoms with Gasteiger partial charge in [0.05, 0.1) is 5.56 Å².